The van der Waals surface area contributed by atoms with Crippen molar-refractivity contribution in [2.75, 3.05) is 0 Å². The summed E-state index contributed by atoms with van der Waals surface area (Å²) in [5.41, 5.74) is 0. The van der Waals surface area contributed by atoms with Crippen molar-refractivity contribution in [1.29, 1.82) is 0 Å². The molecule has 0 radical (unpaired) electrons. The average Bonchev–Trinajstić information content (AvgIpc) is 2.50. The van der Waals surface area contributed by atoms with Crippen molar-refractivity contribution in [1.82, 2.24) is 9.55 Å². The van der Waals surface area contributed by atoms with Crippen LogP contribution < -0.4 is 0 Å². The van der Waals surface area contributed by atoms with Gasteiger partial charge in [0.15, 0.2) is 0 Å². The van der Waals surface area contributed by atoms with Crippen LogP contribution in [-0.4, -0.2) is 14.7 Å². The molecule has 0 saturated heterocycles. The fourth-order valence-corrected chi connectivity index (χ4v) is 0.956. The van der Waals surface area contributed by atoms with E-state index in [0.29, 0.717) is 6.42 Å². The van der Waals surface area contributed by atoms with Gasteiger partial charge in [-0.15, -0.1) is 12.4 Å². The number of aromatic nitrogens is 2. The minimum absolute atomic E-state index is 0. The van der Waals surface area contributed by atoms with E-state index in [4.69, 9.17) is 5.11 Å². The van der Waals surface area contributed by atoms with Crippen LogP contribution in [0.4, 0.5) is 0 Å². The van der Waals surface area contributed by atoms with Gasteiger partial charge in [0.1, 0.15) is 5.82 Å². The average molecular weight is 201 g/mol. The van der Waals surface area contributed by atoms with Crippen LogP contribution in [0.25, 0.3) is 6.20 Å². The predicted molar refractivity (Wildman–Crippen MR) is 56.0 cm³/mol. The zero-order valence-corrected chi connectivity index (χ0v) is 8.24. The minimum Gasteiger partial charge on any atom is -0.516 e. The third-order valence-corrected chi connectivity index (χ3v) is 1.46. The van der Waals surface area contributed by atoms with E-state index in [1.165, 1.54) is 0 Å². The Morgan fingerprint density at radius 2 is 2.38 bits per heavy atom. The number of hydrogen-bond donors (Lipinski definition) is 1. The van der Waals surface area contributed by atoms with Gasteiger partial charge >= 0.3 is 0 Å². The molecule has 1 N–H and O–H groups in total. The Bertz CT molecular complexity index is 292. The number of hydrogen-bond acceptors (Lipinski definition) is 2. The van der Waals surface area contributed by atoms with Crippen LogP contribution in [0.1, 0.15) is 12.7 Å². The molecule has 0 aliphatic carbocycles. The second-order valence-corrected chi connectivity index (χ2v) is 2.32. The molecule has 0 spiro atoms. The van der Waals surface area contributed by atoms with E-state index in [0.717, 1.165) is 12.1 Å². The fraction of sp³-hybridized carbons (Fsp3) is 0.222. The Kier molecular flexibility index (Phi) is 5.72. The lowest BCUT2D eigenvalue weighted by Crippen LogP contribution is -1.93. The molecule has 0 amide bonds. The molecule has 0 aliphatic rings. The normalized spacial score (nSPS) is 10.8. The quantitative estimate of drug-likeness (QED) is 0.761. The maximum atomic E-state index is 8.45. The Hall–Kier alpha value is -1.22. The molecule has 4 heteroatoms. The first-order valence-corrected chi connectivity index (χ1v) is 3.82. The molecule has 0 aliphatic heterocycles. The Labute approximate surface area is 83.8 Å². The molecular weight excluding hydrogens is 188 g/mol. The summed E-state index contributed by atoms with van der Waals surface area (Å²) < 4.78 is 1.92. The number of imidazole rings is 1. The van der Waals surface area contributed by atoms with Crippen LogP contribution in [0.2, 0.25) is 0 Å². The van der Waals surface area contributed by atoms with E-state index in [9.17, 15) is 0 Å². The second-order valence-electron chi connectivity index (χ2n) is 2.32. The number of allylic oxidation sites excluding steroid dienone is 2. The summed E-state index contributed by atoms with van der Waals surface area (Å²) in [6.07, 6.45) is 10.8. The van der Waals surface area contributed by atoms with Gasteiger partial charge in [-0.1, -0.05) is 6.08 Å². The van der Waals surface area contributed by atoms with Crippen molar-refractivity contribution in [2.45, 2.75) is 13.3 Å². The molecular formula is C9H13ClN2O. The number of aliphatic hydroxyl groups is 1. The van der Waals surface area contributed by atoms with Crippen LogP contribution >= 0.6 is 12.4 Å². The Morgan fingerprint density at radius 3 is 3.00 bits per heavy atom. The van der Waals surface area contributed by atoms with E-state index < -0.39 is 0 Å². The second kappa shape index (κ2) is 6.31. The highest BCUT2D eigenvalue weighted by atomic mass is 35.5. The molecule has 0 atom stereocenters. The molecule has 1 heterocycles. The summed E-state index contributed by atoms with van der Waals surface area (Å²) in [6, 6.07) is 0. The smallest absolute Gasteiger partial charge is 0.116 e. The van der Waals surface area contributed by atoms with E-state index in [2.05, 4.69) is 4.98 Å². The SMILES string of the molecule is CC=Cn1ccnc1CC=CO.Cl. The van der Waals surface area contributed by atoms with Crippen molar-refractivity contribution >= 4 is 18.6 Å². The van der Waals surface area contributed by atoms with Crippen LogP contribution in [0, 0.1) is 0 Å². The zero-order chi connectivity index (χ0) is 8.81. The van der Waals surface area contributed by atoms with Crippen LogP contribution in [0.5, 0.6) is 0 Å². The maximum Gasteiger partial charge on any atom is 0.116 e. The molecule has 0 unspecified atom stereocenters. The Balaban J connectivity index is 0.00000144. The zero-order valence-electron chi connectivity index (χ0n) is 7.42. The highest BCUT2D eigenvalue weighted by Gasteiger charge is 1.95. The van der Waals surface area contributed by atoms with Gasteiger partial charge in [0.2, 0.25) is 0 Å². The van der Waals surface area contributed by atoms with Crippen LogP contribution in [0.3, 0.4) is 0 Å². The maximum absolute atomic E-state index is 8.45. The molecule has 0 aromatic carbocycles. The Morgan fingerprint density at radius 1 is 1.62 bits per heavy atom. The van der Waals surface area contributed by atoms with Gasteiger partial charge in [0.05, 0.1) is 6.26 Å². The topological polar surface area (TPSA) is 38.0 Å². The van der Waals surface area contributed by atoms with E-state index >= 15 is 0 Å². The van der Waals surface area contributed by atoms with Gasteiger partial charge in [-0.25, -0.2) is 4.98 Å². The first-order chi connectivity index (χ1) is 5.88. The molecule has 13 heavy (non-hydrogen) atoms. The summed E-state index contributed by atoms with van der Waals surface area (Å²) in [4.78, 5) is 4.12. The fourth-order valence-electron chi connectivity index (χ4n) is 0.956. The van der Waals surface area contributed by atoms with Crippen LogP contribution in [-0.2, 0) is 6.42 Å². The number of aliphatic hydroxyl groups excluding tert-OH is 1. The van der Waals surface area contributed by atoms with Crippen molar-refractivity contribution < 1.29 is 5.11 Å². The summed E-state index contributed by atoms with van der Waals surface area (Å²) >= 11 is 0. The van der Waals surface area contributed by atoms with E-state index in [1.54, 1.807) is 12.3 Å². The molecule has 0 saturated carbocycles. The summed E-state index contributed by atoms with van der Waals surface area (Å²) in [7, 11) is 0. The largest absolute Gasteiger partial charge is 0.516 e. The lowest BCUT2D eigenvalue weighted by molar-refractivity contribution is 0.471. The first kappa shape index (κ1) is 11.8. The predicted octanol–water partition coefficient (Wildman–Crippen LogP) is 2.41. The molecule has 3 nitrogen and oxygen atoms in total. The van der Waals surface area contributed by atoms with Crippen molar-refractivity contribution in [2.24, 2.45) is 0 Å². The standard InChI is InChI=1S/C9H12N2O.ClH/c1-2-6-11-7-5-10-9(11)4-3-8-12;/h2-3,5-8,12H,4H2,1H3;1H. The number of rotatable bonds is 3. The third kappa shape index (κ3) is 3.34. The van der Waals surface area contributed by atoms with Gasteiger partial charge in [-0.2, -0.15) is 0 Å². The van der Waals surface area contributed by atoms with E-state index in [1.807, 2.05) is 30.0 Å². The minimum atomic E-state index is 0. The number of halogens is 1. The van der Waals surface area contributed by atoms with E-state index in [-0.39, 0.29) is 12.4 Å². The highest BCUT2D eigenvalue weighted by molar-refractivity contribution is 5.85. The lowest BCUT2D eigenvalue weighted by atomic mass is 10.4. The molecule has 1 aromatic rings. The monoisotopic (exact) mass is 200 g/mol. The third-order valence-electron chi connectivity index (χ3n) is 1.46. The van der Waals surface area contributed by atoms with Crippen LogP contribution in [0.15, 0.2) is 30.8 Å². The van der Waals surface area contributed by atoms with Gasteiger partial charge in [0.25, 0.3) is 0 Å². The first-order valence-electron chi connectivity index (χ1n) is 3.82. The highest BCUT2D eigenvalue weighted by Crippen LogP contribution is 1.99. The summed E-state index contributed by atoms with van der Waals surface area (Å²) in [5, 5.41) is 8.45. The van der Waals surface area contributed by atoms with Gasteiger partial charge in [0, 0.05) is 25.0 Å². The van der Waals surface area contributed by atoms with Gasteiger partial charge in [-0.05, 0) is 13.0 Å². The molecule has 72 valence electrons. The molecule has 1 rings (SSSR count). The van der Waals surface area contributed by atoms with Crippen molar-refractivity contribution in [3.63, 3.8) is 0 Å². The van der Waals surface area contributed by atoms with Crippen molar-refractivity contribution in [3.05, 3.63) is 36.6 Å². The lowest BCUT2D eigenvalue weighted by Gasteiger charge is -1.96. The molecule has 0 bridgehead atoms. The molecule has 0 fully saturated rings. The summed E-state index contributed by atoms with van der Waals surface area (Å²) in [6.45, 7) is 1.95. The van der Waals surface area contributed by atoms with Crippen molar-refractivity contribution in [3.8, 4) is 0 Å². The van der Waals surface area contributed by atoms with Gasteiger partial charge < -0.3 is 9.67 Å². The molecule has 1 aromatic heterocycles. The number of nitrogens with zero attached hydrogens (tertiary/aromatic N) is 2. The summed E-state index contributed by atoms with van der Waals surface area (Å²) in [5.74, 6) is 0.915. The van der Waals surface area contributed by atoms with Gasteiger partial charge in [-0.3, -0.25) is 0 Å².